The van der Waals surface area contributed by atoms with Gasteiger partial charge in [0, 0.05) is 27.5 Å². The Morgan fingerprint density at radius 1 is 0.302 bits per heavy atom. The summed E-state index contributed by atoms with van der Waals surface area (Å²) in [6, 6.07) is 51.7. The van der Waals surface area contributed by atoms with E-state index in [1.54, 1.807) is 0 Å². The molecular weight excluding hydrogens is 526 g/mol. The highest BCUT2D eigenvalue weighted by Gasteiger charge is 2.15. The average molecular weight is 552 g/mol. The number of benzene rings is 6. The second kappa shape index (κ2) is 10.5. The predicted octanol–water partition coefficient (Wildman–Crippen LogP) is 10.1. The normalized spacial score (nSPS) is 11.3. The molecule has 8 rings (SSSR count). The molecule has 0 spiro atoms. The fourth-order valence-electron chi connectivity index (χ4n) is 5.56. The van der Waals surface area contributed by atoms with Crippen molar-refractivity contribution in [2.45, 2.75) is 0 Å². The van der Waals surface area contributed by atoms with Gasteiger partial charge in [0.2, 0.25) is 0 Å². The van der Waals surface area contributed by atoms with Crippen molar-refractivity contribution in [1.29, 1.82) is 0 Å². The molecule has 2 aromatic heterocycles. The Labute approximate surface area is 249 Å². The maximum Gasteiger partial charge on any atom is 0.164 e. The molecule has 0 saturated heterocycles. The van der Waals surface area contributed by atoms with Gasteiger partial charge in [-0.25, -0.2) is 15.0 Å². The van der Waals surface area contributed by atoms with Crippen LogP contribution in [0.15, 0.2) is 156 Å². The van der Waals surface area contributed by atoms with Gasteiger partial charge in [-0.15, -0.1) is 0 Å². The van der Waals surface area contributed by atoms with E-state index in [0.717, 1.165) is 60.9 Å². The summed E-state index contributed by atoms with van der Waals surface area (Å²) >= 11 is 0. The summed E-state index contributed by atoms with van der Waals surface area (Å²) in [5.74, 6) is 1.91. The lowest BCUT2D eigenvalue weighted by atomic mass is 9.95. The Morgan fingerprint density at radius 3 is 1.40 bits per heavy atom. The first-order valence-corrected chi connectivity index (χ1v) is 14.3. The largest absolute Gasteiger partial charge is 0.456 e. The number of nitrogens with zero attached hydrogens (tertiary/aromatic N) is 3. The van der Waals surface area contributed by atoms with Crippen LogP contribution >= 0.6 is 0 Å². The highest BCUT2D eigenvalue weighted by molar-refractivity contribution is 6.06. The molecule has 6 aromatic carbocycles. The maximum atomic E-state index is 6.11. The van der Waals surface area contributed by atoms with E-state index < -0.39 is 0 Å². The molecule has 0 aliphatic heterocycles. The number of aromatic nitrogens is 3. The fraction of sp³-hybridized carbons (Fsp3) is 0. The van der Waals surface area contributed by atoms with E-state index in [-0.39, 0.29) is 0 Å². The fourth-order valence-corrected chi connectivity index (χ4v) is 5.56. The predicted molar refractivity (Wildman–Crippen MR) is 174 cm³/mol. The van der Waals surface area contributed by atoms with Crippen LogP contribution in [-0.2, 0) is 0 Å². The van der Waals surface area contributed by atoms with Gasteiger partial charge in [-0.2, -0.15) is 0 Å². The van der Waals surface area contributed by atoms with Crippen molar-refractivity contribution in [3.63, 3.8) is 0 Å². The van der Waals surface area contributed by atoms with E-state index in [4.69, 9.17) is 19.4 Å². The zero-order chi connectivity index (χ0) is 28.6. The maximum absolute atomic E-state index is 6.11. The van der Waals surface area contributed by atoms with Crippen LogP contribution in [0.25, 0.3) is 78.4 Å². The second-order valence-electron chi connectivity index (χ2n) is 10.5. The van der Waals surface area contributed by atoms with Crippen molar-refractivity contribution in [1.82, 2.24) is 15.0 Å². The van der Waals surface area contributed by atoms with Crippen molar-refractivity contribution in [2.24, 2.45) is 0 Å². The summed E-state index contributed by atoms with van der Waals surface area (Å²) in [7, 11) is 0. The number of hydrogen-bond acceptors (Lipinski definition) is 4. The molecule has 0 saturated carbocycles. The molecule has 8 aromatic rings. The second-order valence-corrected chi connectivity index (χ2v) is 10.5. The molecule has 0 N–H and O–H groups in total. The topological polar surface area (TPSA) is 51.8 Å². The summed E-state index contributed by atoms with van der Waals surface area (Å²) in [5.41, 5.74) is 8.96. The molecule has 0 unspecified atom stereocenters. The Bertz CT molecular complexity index is 2170. The molecule has 4 nitrogen and oxygen atoms in total. The van der Waals surface area contributed by atoms with Crippen LogP contribution in [0.1, 0.15) is 0 Å². The van der Waals surface area contributed by atoms with Gasteiger partial charge in [-0.05, 0) is 58.7 Å². The SMILES string of the molecule is c1ccc(-c2cc(-c3ccc4oc5ccccc5c4c3)cc(-c3nc(-c4ccccc4)nc(-c4ccccc4)n3)c2)cc1. The lowest BCUT2D eigenvalue weighted by Gasteiger charge is -2.12. The Balaban J connectivity index is 1.35. The molecule has 0 amide bonds. The van der Waals surface area contributed by atoms with Crippen LogP contribution in [0.2, 0.25) is 0 Å². The molecule has 43 heavy (non-hydrogen) atoms. The van der Waals surface area contributed by atoms with Gasteiger partial charge in [-0.1, -0.05) is 115 Å². The highest BCUT2D eigenvalue weighted by Crippen LogP contribution is 2.36. The average Bonchev–Trinajstić information content (AvgIpc) is 3.47. The standard InChI is InChI=1S/C39H25N3O/c1-4-12-26(13-5-1)30-22-31(29-20-21-36-34(25-29)33-18-10-11-19-35(33)43-36)24-32(23-30)39-41-37(27-14-6-2-7-15-27)40-38(42-39)28-16-8-3-9-17-28/h1-25H. The van der Waals surface area contributed by atoms with Crippen molar-refractivity contribution >= 4 is 21.9 Å². The van der Waals surface area contributed by atoms with E-state index >= 15 is 0 Å². The highest BCUT2D eigenvalue weighted by atomic mass is 16.3. The molecule has 0 atom stereocenters. The van der Waals surface area contributed by atoms with Gasteiger partial charge in [-0.3, -0.25) is 0 Å². The van der Waals surface area contributed by atoms with Gasteiger partial charge >= 0.3 is 0 Å². The molecule has 0 aliphatic rings. The summed E-state index contributed by atoms with van der Waals surface area (Å²) in [6.07, 6.45) is 0. The van der Waals surface area contributed by atoms with E-state index in [0.29, 0.717) is 17.5 Å². The quantitative estimate of drug-likeness (QED) is 0.214. The van der Waals surface area contributed by atoms with Gasteiger partial charge in [0.25, 0.3) is 0 Å². The van der Waals surface area contributed by atoms with Crippen LogP contribution in [-0.4, -0.2) is 15.0 Å². The summed E-state index contributed by atoms with van der Waals surface area (Å²) < 4.78 is 6.11. The zero-order valence-corrected chi connectivity index (χ0v) is 23.2. The third-order valence-corrected chi connectivity index (χ3v) is 7.71. The van der Waals surface area contributed by atoms with E-state index in [2.05, 4.69) is 66.7 Å². The van der Waals surface area contributed by atoms with Crippen molar-refractivity contribution in [3.05, 3.63) is 152 Å². The lowest BCUT2D eigenvalue weighted by molar-refractivity contribution is 0.669. The Kier molecular flexibility index (Phi) is 6.08. The molecule has 202 valence electrons. The van der Waals surface area contributed by atoms with E-state index in [1.807, 2.05) is 84.9 Å². The van der Waals surface area contributed by atoms with Gasteiger partial charge in [0.1, 0.15) is 11.2 Å². The molecule has 0 radical (unpaired) electrons. The third kappa shape index (κ3) is 4.75. The number of fused-ring (bicyclic) bond motifs is 3. The third-order valence-electron chi connectivity index (χ3n) is 7.71. The van der Waals surface area contributed by atoms with Crippen LogP contribution in [0.3, 0.4) is 0 Å². The lowest BCUT2D eigenvalue weighted by Crippen LogP contribution is -2.00. The Morgan fingerprint density at radius 2 is 0.767 bits per heavy atom. The number of para-hydroxylation sites is 1. The van der Waals surface area contributed by atoms with E-state index in [9.17, 15) is 0 Å². The Hall–Kier alpha value is -5.87. The molecule has 4 heteroatoms. The summed E-state index contributed by atoms with van der Waals surface area (Å²) in [5, 5.41) is 2.20. The minimum atomic E-state index is 0.626. The smallest absolute Gasteiger partial charge is 0.164 e. The minimum absolute atomic E-state index is 0.626. The minimum Gasteiger partial charge on any atom is -0.456 e. The van der Waals surface area contributed by atoms with Crippen LogP contribution in [0, 0.1) is 0 Å². The van der Waals surface area contributed by atoms with Crippen LogP contribution in [0.4, 0.5) is 0 Å². The van der Waals surface area contributed by atoms with Gasteiger partial charge < -0.3 is 4.42 Å². The van der Waals surface area contributed by atoms with Crippen LogP contribution in [0.5, 0.6) is 0 Å². The first-order valence-electron chi connectivity index (χ1n) is 14.3. The van der Waals surface area contributed by atoms with Crippen molar-refractivity contribution < 1.29 is 4.42 Å². The molecule has 0 fully saturated rings. The number of furan rings is 1. The number of rotatable bonds is 5. The van der Waals surface area contributed by atoms with E-state index in [1.165, 1.54) is 0 Å². The molecule has 0 aliphatic carbocycles. The number of hydrogen-bond donors (Lipinski definition) is 0. The molecular formula is C39H25N3O. The summed E-state index contributed by atoms with van der Waals surface area (Å²) in [4.78, 5) is 14.9. The van der Waals surface area contributed by atoms with Crippen molar-refractivity contribution in [2.75, 3.05) is 0 Å². The molecule has 2 heterocycles. The van der Waals surface area contributed by atoms with Gasteiger partial charge in [0.15, 0.2) is 17.5 Å². The molecule has 0 bridgehead atoms. The monoisotopic (exact) mass is 551 g/mol. The van der Waals surface area contributed by atoms with Gasteiger partial charge in [0.05, 0.1) is 0 Å². The zero-order valence-electron chi connectivity index (χ0n) is 23.2. The first kappa shape index (κ1) is 24.9. The van der Waals surface area contributed by atoms with Crippen LogP contribution < -0.4 is 0 Å². The first-order chi connectivity index (χ1) is 21.3. The summed E-state index contributed by atoms with van der Waals surface area (Å²) in [6.45, 7) is 0. The van der Waals surface area contributed by atoms with Crippen molar-refractivity contribution in [3.8, 4) is 56.4 Å².